The SMILES string of the molecule is COc1cc(C=C2SC(=Nc3ccc(Cl)cc3C(F)(F)F)NC2=O)ccc1OCc1ccc(Cl)cc1. The molecule has 0 aromatic heterocycles. The van der Waals surface area contributed by atoms with Gasteiger partial charge in [0.2, 0.25) is 0 Å². The van der Waals surface area contributed by atoms with Gasteiger partial charge in [-0.3, -0.25) is 4.79 Å². The lowest BCUT2D eigenvalue weighted by Gasteiger charge is -2.11. The minimum absolute atomic E-state index is 0.0222. The van der Waals surface area contributed by atoms with Gasteiger partial charge < -0.3 is 14.8 Å². The van der Waals surface area contributed by atoms with Crippen molar-refractivity contribution in [2.45, 2.75) is 12.8 Å². The van der Waals surface area contributed by atoms with Gasteiger partial charge in [0.05, 0.1) is 23.3 Å². The summed E-state index contributed by atoms with van der Waals surface area (Å²) < 4.78 is 51.3. The van der Waals surface area contributed by atoms with Crippen LogP contribution < -0.4 is 14.8 Å². The fourth-order valence-corrected chi connectivity index (χ4v) is 4.34. The molecule has 1 saturated heterocycles. The second kappa shape index (κ2) is 10.9. The largest absolute Gasteiger partial charge is 0.493 e. The molecule has 1 aliphatic rings. The Morgan fingerprint density at radius 2 is 1.72 bits per heavy atom. The molecule has 1 amide bonds. The summed E-state index contributed by atoms with van der Waals surface area (Å²) in [5, 5.41) is 3.07. The monoisotopic (exact) mass is 552 g/mol. The third-order valence-corrected chi connectivity index (χ3v) is 6.33. The highest BCUT2D eigenvalue weighted by atomic mass is 35.5. The Balaban J connectivity index is 1.52. The number of amidine groups is 1. The summed E-state index contributed by atoms with van der Waals surface area (Å²) in [6.07, 6.45) is -3.06. The topological polar surface area (TPSA) is 59.9 Å². The summed E-state index contributed by atoms with van der Waals surface area (Å²) in [4.78, 5) is 16.7. The van der Waals surface area contributed by atoms with Crippen LogP contribution in [0.4, 0.5) is 18.9 Å². The highest BCUT2D eigenvalue weighted by Gasteiger charge is 2.34. The number of methoxy groups -OCH3 is 1. The summed E-state index contributed by atoms with van der Waals surface area (Å²) >= 11 is 12.5. The van der Waals surface area contributed by atoms with Crippen LogP contribution in [0.2, 0.25) is 10.0 Å². The molecular formula is C25H17Cl2F3N2O3S. The van der Waals surface area contributed by atoms with Crippen LogP contribution in [0.5, 0.6) is 11.5 Å². The van der Waals surface area contributed by atoms with E-state index < -0.39 is 17.6 Å². The number of rotatable bonds is 6. The van der Waals surface area contributed by atoms with Gasteiger partial charge in [-0.2, -0.15) is 13.2 Å². The van der Waals surface area contributed by atoms with Gasteiger partial charge in [0.1, 0.15) is 6.61 Å². The highest BCUT2D eigenvalue weighted by Crippen LogP contribution is 2.39. The maximum atomic E-state index is 13.4. The van der Waals surface area contributed by atoms with Crippen molar-refractivity contribution in [2.24, 2.45) is 4.99 Å². The predicted molar refractivity (Wildman–Crippen MR) is 136 cm³/mol. The van der Waals surface area contributed by atoms with Crippen molar-refractivity contribution in [1.82, 2.24) is 5.32 Å². The molecule has 5 nitrogen and oxygen atoms in total. The van der Waals surface area contributed by atoms with Gasteiger partial charge in [0.15, 0.2) is 16.7 Å². The first-order valence-corrected chi connectivity index (χ1v) is 11.9. The number of benzene rings is 3. The number of amides is 1. The Hall–Kier alpha value is -3.14. The van der Waals surface area contributed by atoms with Gasteiger partial charge in [-0.15, -0.1) is 0 Å². The zero-order valence-corrected chi connectivity index (χ0v) is 20.9. The number of hydrogen-bond acceptors (Lipinski definition) is 5. The zero-order chi connectivity index (χ0) is 25.9. The molecule has 0 saturated carbocycles. The minimum Gasteiger partial charge on any atom is -0.493 e. The summed E-state index contributed by atoms with van der Waals surface area (Å²) in [5.74, 6) is 0.470. The Labute approximate surface area is 218 Å². The maximum absolute atomic E-state index is 13.4. The van der Waals surface area contributed by atoms with Gasteiger partial charge in [-0.05, 0) is 71.4 Å². The molecule has 36 heavy (non-hydrogen) atoms. The van der Waals surface area contributed by atoms with Gasteiger partial charge in [-0.25, -0.2) is 4.99 Å². The molecule has 1 N–H and O–H groups in total. The summed E-state index contributed by atoms with van der Waals surface area (Å²) in [7, 11) is 1.49. The molecule has 1 heterocycles. The average Bonchev–Trinajstić information content (AvgIpc) is 3.18. The normalized spacial score (nSPS) is 15.9. The lowest BCUT2D eigenvalue weighted by Crippen LogP contribution is -2.19. The third-order valence-electron chi connectivity index (χ3n) is 4.93. The molecule has 186 valence electrons. The highest BCUT2D eigenvalue weighted by molar-refractivity contribution is 8.18. The molecule has 3 aromatic carbocycles. The number of aliphatic imine (C=N–C) groups is 1. The second-order valence-corrected chi connectivity index (χ2v) is 9.37. The number of nitrogens with zero attached hydrogens (tertiary/aromatic N) is 1. The van der Waals surface area contributed by atoms with Crippen molar-refractivity contribution in [3.8, 4) is 11.5 Å². The zero-order valence-electron chi connectivity index (χ0n) is 18.5. The Kier molecular flexibility index (Phi) is 7.82. The van der Waals surface area contributed by atoms with Crippen molar-refractivity contribution in [2.75, 3.05) is 7.11 Å². The number of nitrogens with one attached hydrogen (secondary N) is 1. The number of carbonyl (C=O) groups excluding carboxylic acids is 1. The number of hydrogen-bond donors (Lipinski definition) is 1. The second-order valence-electron chi connectivity index (χ2n) is 7.47. The predicted octanol–water partition coefficient (Wildman–Crippen LogP) is 7.49. The van der Waals surface area contributed by atoms with Crippen LogP contribution in [0.3, 0.4) is 0 Å². The first-order chi connectivity index (χ1) is 17.1. The molecule has 0 radical (unpaired) electrons. The molecule has 1 aliphatic heterocycles. The van der Waals surface area contributed by atoms with E-state index in [1.165, 1.54) is 13.2 Å². The van der Waals surface area contributed by atoms with E-state index in [4.69, 9.17) is 32.7 Å². The molecule has 4 rings (SSSR count). The van der Waals surface area contributed by atoms with E-state index in [1.807, 2.05) is 12.1 Å². The van der Waals surface area contributed by atoms with Crippen molar-refractivity contribution >= 4 is 57.8 Å². The van der Waals surface area contributed by atoms with Crippen LogP contribution in [-0.4, -0.2) is 18.2 Å². The Morgan fingerprint density at radius 1 is 1.00 bits per heavy atom. The van der Waals surface area contributed by atoms with E-state index in [0.29, 0.717) is 28.7 Å². The fraction of sp³-hybridized carbons (Fsp3) is 0.120. The first-order valence-electron chi connectivity index (χ1n) is 10.3. The lowest BCUT2D eigenvalue weighted by molar-refractivity contribution is -0.137. The fourth-order valence-electron chi connectivity index (χ4n) is 3.21. The van der Waals surface area contributed by atoms with E-state index >= 15 is 0 Å². The molecule has 0 bridgehead atoms. The molecule has 0 aliphatic carbocycles. The lowest BCUT2D eigenvalue weighted by atomic mass is 10.2. The standard InChI is InChI=1S/C25H17Cl2F3N2O3S/c1-34-21-10-15(4-9-20(21)35-13-14-2-5-16(26)6-3-14)11-22-23(33)32-24(36-22)31-19-8-7-17(27)12-18(19)25(28,29)30/h2-12H,13H2,1H3,(H,31,32,33). The molecule has 11 heteroatoms. The molecule has 0 unspecified atom stereocenters. The van der Waals surface area contributed by atoms with Crippen molar-refractivity contribution in [3.63, 3.8) is 0 Å². The summed E-state index contributed by atoms with van der Waals surface area (Å²) in [5.41, 5.74) is 0.216. The van der Waals surface area contributed by atoms with Gasteiger partial charge in [0.25, 0.3) is 5.91 Å². The van der Waals surface area contributed by atoms with Crippen LogP contribution in [0.25, 0.3) is 6.08 Å². The average molecular weight is 553 g/mol. The van der Waals surface area contributed by atoms with Crippen LogP contribution in [-0.2, 0) is 17.6 Å². The van der Waals surface area contributed by atoms with Gasteiger partial charge >= 0.3 is 6.18 Å². The van der Waals surface area contributed by atoms with Crippen LogP contribution in [0.1, 0.15) is 16.7 Å². The quantitative estimate of drug-likeness (QED) is 0.322. The Morgan fingerprint density at radius 3 is 2.42 bits per heavy atom. The number of ether oxygens (including phenoxy) is 2. The van der Waals surface area contributed by atoms with E-state index in [0.717, 1.165) is 29.5 Å². The van der Waals surface area contributed by atoms with E-state index in [1.54, 1.807) is 36.4 Å². The molecule has 3 aromatic rings. The number of halogens is 5. The van der Waals surface area contributed by atoms with Crippen LogP contribution in [0.15, 0.2) is 70.6 Å². The van der Waals surface area contributed by atoms with Gasteiger partial charge in [0, 0.05) is 10.0 Å². The van der Waals surface area contributed by atoms with Gasteiger partial charge in [-0.1, -0.05) is 41.4 Å². The number of carbonyl (C=O) groups is 1. The molecular weight excluding hydrogens is 536 g/mol. The van der Waals surface area contributed by atoms with E-state index in [-0.39, 0.29) is 20.8 Å². The summed E-state index contributed by atoms with van der Waals surface area (Å²) in [6, 6.07) is 15.6. The van der Waals surface area contributed by atoms with Crippen molar-refractivity contribution in [3.05, 3.63) is 92.3 Å². The minimum atomic E-state index is -4.65. The van der Waals surface area contributed by atoms with Crippen molar-refractivity contribution < 1.29 is 27.4 Å². The molecule has 0 spiro atoms. The van der Waals surface area contributed by atoms with Crippen molar-refractivity contribution in [1.29, 1.82) is 0 Å². The Bertz CT molecular complexity index is 1360. The molecule has 1 fully saturated rings. The van der Waals surface area contributed by atoms with E-state index in [9.17, 15) is 18.0 Å². The first kappa shape index (κ1) is 25.9. The third kappa shape index (κ3) is 6.34. The molecule has 0 atom stereocenters. The van der Waals surface area contributed by atoms with Crippen LogP contribution in [0, 0.1) is 0 Å². The summed E-state index contributed by atoms with van der Waals surface area (Å²) in [6.45, 7) is 0.302. The number of alkyl halides is 3. The van der Waals surface area contributed by atoms with Crippen LogP contribution >= 0.6 is 35.0 Å². The van der Waals surface area contributed by atoms with E-state index in [2.05, 4.69) is 10.3 Å². The number of thioether (sulfide) groups is 1. The maximum Gasteiger partial charge on any atom is 0.418 e. The smallest absolute Gasteiger partial charge is 0.418 e.